The van der Waals surface area contributed by atoms with Gasteiger partial charge in [-0.15, -0.1) is 0 Å². The third-order valence-corrected chi connectivity index (χ3v) is 2.95. The van der Waals surface area contributed by atoms with Crippen LogP contribution in [0.2, 0.25) is 0 Å². The summed E-state index contributed by atoms with van der Waals surface area (Å²) in [6, 6.07) is 1.44. The molecule has 2 aromatic heterocycles. The molecular weight excluding hydrogens is 260 g/mol. The van der Waals surface area contributed by atoms with Crippen molar-refractivity contribution in [1.82, 2.24) is 19.9 Å². The van der Waals surface area contributed by atoms with Crippen LogP contribution in [0, 0.1) is 13.8 Å². The summed E-state index contributed by atoms with van der Waals surface area (Å²) in [5, 5.41) is 16.0. The van der Waals surface area contributed by atoms with E-state index in [0.29, 0.717) is 11.2 Å². The number of aromatic nitrogens is 3. The summed E-state index contributed by atoms with van der Waals surface area (Å²) in [6.45, 7) is 3.82. The van der Waals surface area contributed by atoms with Gasteiger partial charge in [0, 0.05) is 18.5 Å². The van der Waals surface area contributed by atoms with Crippen molar-refractivity contribution >= 4 is 11.6 Å². The number of nitrogens with zero attached hydrogens (tertiary/aromatic N) is 3. The van der Waals surface area contributed by atoms with Gasteiger partial charge in [-0.1, -0.05) is 0 Å². The summed E-state index contributed by atoms with van der Waals surface area (Å²) in [7, 11) is 1.51. The molecule has 20 heavy (non-hydrogen) atoms. The van der Waals surface area contributed by atoms with E-state index in [1.807, 2.05) is 19.9 Å². The Morgan fingerprint density at radius 2 is 2.30 bits per heavy atom. The number of ether oxygens (including phenoxy) is 1. The lowest BCUT2D eigenvalue weighted by molar-refractivity contribution is 0.0841. The van der Waals surface area contributed by atoms with E-state index in [4.69, 9.17) is 4.74 Å². The molecule has 108 valence electrons. The third-order valence-electron chi connectivity index (χ3n) is 2.95. The van der Waals surface area contributed by atoms with Crippen molar-refractivity contribution in [3.63, 3.8) is 0 Å². The zero-order valence-corrected chi connectivity index (χ0v) is 11.8. The summed E-state index contributed by atoms with van der Waals surface area (Å²) < 4.78 is 6.54. The number of aryl methyl sites for hydroxylation is 2. The fourth-order valence-corrected chi connectivity index (χ4v) is 2.03. The van der Waals surface area contributed by atoms with E-state index < -0.39 is 6.04 Å². The number of fused-ring (bicyclic) bond motifs is 1. The molecule has 0 aliphatic heterocycles. The van der Waals surface area contributed by atoms with Crippen molar-refractivity contribution in [2.75, 3.05) is 20.3 Å². The fraction of sp³-hybridized carbons (Fsp3) is 0.462. The molecule has 7 nitrogen and oxygen atoms in total. The Kier molecular flexibility index (Phi) is 4.31. The number of nitrogens with one attached hydrogen (secondary N) is 1. The molecule has 1 unspecified atom stereocenters. The molecule has 0 aliphatic carbocycles. The SMILES string of the molecule is COCC(CO)NC(=O)c1cnn2c(C)cc(C)nc12. The van der Waals surface area contributed by atoms with Gasteiger partial charge in [0.2, 0.25) is 0 Å². The first kappa shape index (κ1) is 14.4. The molecular formula is C13H18N4O3. The highest BCUT2D eigenvalue weighted by Crippen LogP contribution is 2.11. The fourth-order valence-electron chi connectivity index (χ4n) is 2.03. The van der Waals surface area contributed by atoms with Gasteiger partial charge in [0.05, 0.1) is 25.5 Å². The lowest BCUT2D eigenvalue weighted by Crippen LogP contribution is -2.40. The number of hydrogen-bond donors (Lipinski definition) is 2. The number of aliphatic hydroxyl groups excluding tert-OH is 1. The number of rotatable bonds is 5. The minimum Gasteiger partial charge on any atom is -0.394 e. The van der Waals surface area contributed by atoms with E-state index in [9.17, 15) is 9.90 Å². The van der Waals surface area contributed by atoms with Gasteiger partial charge < -0.3 is 15.2 Å². The van der Waals surface area contributed by atoms with Gasteiger partial charge in [0.15, 0.2) is 5.65 Å². The first-order chi connectivity index (χ1) is 9.56. The summed E-state index contributed by atoms with van der Waals surface area (Å²) >= 11 is 0. The van der Waals surface area contributed by atoms with Gasteiger partial charge in [-0.2, -0.15) is 5.10 Å². The molecule has 2 heterocycles. The van der Waals surface area contributed by atoms with Crippen molar-refractivity contribution < 1.29 is 14.6 Å². The maximum atomic E-state index is 12.2. The van der Waals surface area contributed by atoms with Gasteiger partial charge in [-0.25, -0.2) is 9.50 Å². The molecule has 0 saturated heterocycles. The molecule has 0 radical (unpaired) electrons. The normalized spacial score (nSPS) is 12.6. The lowest BCUT2D eigenvalue weighted by atomic mass is 10.2. The Morgan fingerprint density at radius 1 is 1.55 bits per heavy atom. The first-order valence-corrected chi connectivity index (χ1v) is 6.29. The third kappa shape index (κ3) is 2.78. The van der Waals surface area contributed by atoms with E-state index in [2.05, 4.69) is 15.4 Å². The Labute approximate surface area is 116 Å². The Morgan fingerprint density at radius 3 is 2.95 bits per heavy atom. The van der Waals surface area contributed by atoms with Gasteiger partial charge >= 0.3 is 0 Å². The van der Waals surface area contributed by atoms with Crippen molar-refractivity contribution in [1.29, 1.82) is 0 Å². The van der Waals surface area contributed by atoms with Crippen LogP contribution in [-0.4, -0.2) is 52.0 Å². The molecule has 0 aromatic carbocycles. The molecule has 1 atom stereocenters. The zero-order valence-electron chi connectivity index (χ0n) is 11.8. The van der Waals surface area contributed by atoms with Gasteiger partial charge in [-0.05, 0) is 19.9 Å². The van der Waals surface area contributed by atoms with E-state index >= 15 is 0 Å². The van der Waals surface area contributed by atoms with Gasteiger partial charge in [0.1, 0.15) is 5.56 Å². The quantitative estimate of drug-likeness (QED) is 0.808. The summed E-state index contributed by atoms with van der Waals surface area (Å²) in [5.74, 6) is -0.325. The molecule has 0 fully saturated rings. The van der Waals surface area contributed by atoms with Crippen LogP contribution in [0.25, 0.3) is 5.65 Å². The molecule has 2 aromatic rings. The lowest BCUT2D eigenvalue weighted by Gasteiger charge is -2.14. The Balaban J connectivity index is 2.31. The van der Waals surface area contributed by atoms with Crippen LogP contribution in [0.1, 0.15) is 21.7 Å². The largest absolute Gasteiger partial charge is 0.394 e. The summed E-state index contributed by atoms with van der Waals surface area (Å²) in [5.41, 5.74) is 2.61. The molecule has 0 bridgehead atoms. The molecule has 0 saturated carbocycles. The highest BCUT2D eigenvalue weighted by atomic mass is 16.5. The van der Waals surface area contributed by atoms with Crippen LogP contribution in [0.3, 0.4) is 0 Å². The highest BCUT2D eigenvalue weighted by molar-refractivity contribution is 5.99. The van der Waals surface area contributed by atoms with Crippen LogP contribution < -0.4 is 5.32 Å². The number of aliphatic hydroxyl groups is 1. The topological polar surface area (TPSA) is 88.8 Å². The number of carbonyl (C=O) groups excluding carboxylic acids is 1. The summed E-state index contributed by atoms with van der Waals surface area (Å²) in [6.07, 6.45) is 1.48. The predicted molar refractivity (Wildman–Crippen MR) is 72.7 cm³/mol. The molecule has 2 rings (SSSR count). The van der Waals surface area contributed by atoms with Crippen LogP contribution in [0.5, 0.6) is 0 Å². The van der Waals surface area contributed by atoms with Crippen molar-refractivity contribution in [3.05, 3.63) is 29.2 Å². The summed E-state index contributed by atoms with van der Waals surface area (Å²) in [4.78, 5) is 16.6. The number of carbonyl (C=O) groups is 1. The van der Waals surface area contributed by atoms with Crippen LogP contribution in [0.4, 0.5) is 0 Å². The van der Waals surface area contributed by atoms with E-state index in [-0.39, 0.29) is 19.1 Å². The Bertz CT molecular complexity index is 623. The average molecular weight is 278 g/mol. The minimum absolute atomic E-state index is 0.190. The standard InChI is InChI=1S/C13H18N4O3/c1-8-4-9(2)17-12(15-8)11(5-14-17)13(19)16-10(6-18)7-20-3/h4-5,10,18H,6-7H2,1-3H3,(H,16,19). The number of amides is 1. The average Bonchev–Trinajstić information content (AvgIpc) is 2.82. The van der Waals surface area contributed by atoms with Gasteiger partial charge in [-0.3, -0.25) is 4.79 Å². The second-order valence-corrected chi connectivity index (χ2v) is 4.64. The van der Waals surface area contributed by atoms with Crippen molar-refractivity contribution in [3.8, 4) is 0 Å². The van der Waals surface area contributed by atoms with Crippen molar-refractivity contribution in [2.45, 2.75) is 19.9 Å². The second kappa shape index (κ2) is 5.98. The monoisotopic (exact) mass is 278 g/mol. The predicted octanol–water partition coefficient (Wildman–Crippen LogP) is 0.0832. The second-order valence-electron chi connectivity index (χ2n) is 4.64. The first-order valence-electron chi connectivity index (χ1n) is 6.29. The van der Waals surface area contributed by atoms with E-state index in [1.165, 1.54) is 13.3 Å². The van der Waals surface area contributed by atoms with Crippen molar-refractivity contribution in [2.24, 2.45) is 0 Å². The Hall–Kier alpha value is -1.99. The molecule has 0 aliphatic rings. The smallest absolute Gasteiger partial charge is 0.257 e. The minimum atomic E-state index is -0.451. The van der Waals surface area contributed by atoms with E-state index in [0.717, 1.165) is 11.4 Å². The number of hydrogen-bond acceptors (Lipinski definition) is 5. The maximum Gasteiger partial charge on any atom is 0.257 e. The molecule has 2 N–H and O–H groups in total. The van der Waals surface area contributed by atoms with Gasteiger partial charge in [0.25, 0.3) is 5.91 Å². The van der Waals surface area contributed by atoms with Crippen LogP contribution in [0.15, 0.2) is 12.3 Å². The maximum absolute atomic E-state index is 12.2. The molecule has 0 spiro atoms. The van der Waals surface area contributed by atoms with E-state index in [1.54, 1.807) is 4.52 Å². The number of methoxy groups -OCH3 is 1. The van der Waals surface area contributed by atoms with Crippen LogP contribution >= 0.6 is 0 Å². The molecule has 1 amide bonds. The zero-order chi connectivity index (χ0) is 14.7. The molecule has 7 heteroatoms. The highest BCUT2D eigenvalue weighted by Gasteiger charge is 2.18. The van der Waals surface area contributed by atoms with Crippen LogP contribution in [-0.2, 0) is 4.74 Å².